The summed E-state index contributed by atoms with van der Waals surface area (Å²) in [4.78, 5) is 0. The lowest BCUT2D eigenvalue weighted by Gasteiger charge is -2.11. The molecule has 1 saturated carbocycles. The number of rotatable bonds is 7. The van der Waals surface area contributed by atoms with E-state index in [0.29, 0.717) is 12.6 Å². The Bertz CT molecular complexity index is 340. The topological polar surface area (TPSA) is 34.4 Å². The monoisotopic (exact) mass is 251 g/mol. The third-order valence-electron chi connectivity index (χ3n) is 3.59. The molecule has 1 fully saturated rings. The molecule has 3 nitrogen and oxygen atoms in total. The minimum atomic E-state index is 0.474. The van der Waals surface area contributed by atoms with Crippen LogP contribution in [0, 0.1) is 5.92 Å². The third kappa shape index (κ3) is 4.14. The van der Waals surface area contributed by atoms with E-state index < -0.39 is 0 Å². The van der Waals surface area contributed by atoms with Crippen LogP contribution in [0.5, 0.6) is 0 Å². The largest absolute Gasteiger partial charge is 0.468 e. The Morgan fingerprint density at radius 1 is 1.39 bits per heavy atom. The van der Waals surface area contributed by atoms with E-state index in [0.717, 1.165) is 24.8 Å². The predicted octanol–water partition coefficient (Wildman–Crippen LogP) is 3.48. The zero-order valence-electron chi connectivity index (χ0n) is 11.6. The molecule has 1 aromatic heterocycles. The molecule has 0 aromatic carbocycles. The van der Waals surface area contributed by atoms with Crippen LogP contribution < -0.4 is 5.32 Å². The molecule has 0 bridgehead atoms. The quantitative estimate of drug-likeness (QED) is 0.805. The van der Waals surface area contributed by atoms with E-state index in [-0.39, 0.29) is 0 Å². The van der Waals surface area contributed by atoms with Gasteiger partial charge in [0.1, 0.15) is 5.76 Å². The van der Waals surface area contributed by atoms with Gasteiger partial charge in [-0.25, -0.2) is 0 Å². The first-order chi connectivity index (χ1) is 8.75. The molecule has 1 aliphatic carbocycles. The lowest BCUT2D eigenvalue weighted by Crippen LogP contribution is -2.22. The number of furan rings is 1. The number of ether oxygens (including phenoxy) is 1. The first kappa shape index (κ1) is 13.6. The van der Waals surface area contributed by atoms with Gasteiger partial charge in [0, 0.05) is 18.2 Å². The summed E-state index contributed by atoms with van der Waals surface area (Å²) < 4.78 is 11.3. The number of nitrogens with one attached hydrogen (secondary N) is 1. The molecule has 1 aliphatic rings. The zero-order valence-corrected chi connectivity index (χ0v) is 11.6. The van der Waals surface area contributed by atoms with Crippen LogP contribution in [0.15, 0.2) is 16.7 Å². The van der Waals surface area contributed by atoms with Crippen molar-refractivity contribution in [2.75, 3.05) is 6.61 Å². The van der Waals surface area contributed by atoms with Crippen molar-refractivity contribution < 1.29 is 9.15 Å². The lowest BCUT2D eigenvalue weighted by atomic mass is 10.1. The molecular weight excluding hydrogens is 226 g/mol. The Morgan fingerprint density at radius 3 is 2.89 bits per heavy atom. The zero-order chi connectivity index (χ0) is 12.8. The third-order valence-corrected chi connectivity index (χ3v) is 3.59. The highest BCUT2D eigenvalue weighted by molar-refractivity contribution is 5.15. The summed E-state index contributed by atoms with van der Waals surface area (Å²) >= 11 is 0. The van der Waals surface area contributed by atoms with Crippen molar-refractivity contribution >= 4 is 0 Å². The normalized spacial score (nSPS) is 16.8. The summed E-state index contributed by atoms with van der Waals surface area (Å²) in [5.74, 6) is 1.80. The van der Waals surface area contributed by atoms with E-state index >= 15 is 0 Å². The molecule has 102 valence electrons. The van der Waals surface area contributed by atoms with Crippen LogP contribution in [-0.2, 0) is 17.9 Å². The highest BCUT2D eigenvalue weighted by Crippen LogP contribution is 2.25. The second-order valence-electron chi connectivity index (χ2n) is 5.57. The second kappa shape index (κ2) is 6.95. The van der Waals surface area contributed by atoms with E-state index in [1.54, 1.807) is 6.26 Å². The fourth-order valence-electron chi connectivity index (χ4n) is 2.46. The van der Waals surface area contributed by atoms with E-state index in [2.05, 4.69) is 19.2 Å². The Morgan fingerprint density at radius 2 is 2.17 bits per heavy atom. The molecular formula is C15H25NO2. The summed E-state index contributed by atoms with van der Waals surface area (Å²) in [6, 6.07) is 2.49. The summed E-state index contributed by atoms with van der Waals surface area (Å²) in [6.45, 7) is 6.65. The van der Waals surface area contributed by atoms with Gasteiger partial charge in [0.15, 0.2) is 0 Å². The van der Waals surface area contributed by atoms with Crippen molar-refractivity contribution in [2.45, 2.75) is 58.7 Å². The standard InChI is InChI=1S/C15H25NO2/c1-12(2)16-9-15-14(7-8-18-15)11-17-10-13-5-3-4-6-13/h7-8,12-13,16H,3-6,9-11H2,1-2H3. The van der Waals surface area contributed by atoms with Gasteiger partial charge in [0.05, 0.1) is 19.4 Å². The number of hydrogen-bond acceptors (Lipinski definition) is 3. The maximum absolute atomic E-state index is 5.82. The fraction of sp³-hybridized carbons (Fsp3) is 0.733. The van der Waals surface area contributed by atoms with Crippen LogP contribution in [0.4, 0.5) is 0 Å². The van der Waals surface area contributed by atoms with Crippen molar-refractivity contribution in [3.63, 3.8) is 0 Å². The lowest BCUT2D eigenvalue weighted by molar-refractivity contribution is 0.0878. The van der Waals surface area contributed by atoms with Gasteiger partial charge in [-0.15, -0.1) is 0 Å². The van der Waals surface area contributed by atoms with Gasteiger partial charge in [-0.3, -0.25) is 0 Å². The Balaban J connectivity index is 1.72. The minimum Gasteiger partial charge on any atom is -0.468 e. The van der Waals surface area contributed by atoms with E-state index in [9.17, 15) is 0 Å². The van der Waals surface area contributed by atoms with Gasteiger partial charge in [0.2, 0.25) is 0 Å². The molecule has 0 unspecified atom stereocenters. The van der Waals surface area contributed by atoms with Crippen molar-refractivity contribution in [3.8, 4) is 0 Å². The summed E-state index contributed by atoms with van der Waals surface area (Å²) in [7, 11) is 0. The summed E-state index contributed by atoms with van der Waals surface area (Å²) in [5.41, 5.74) is 1.18. The van der Waals surface area contributed by atoms with Gasteiger partial charge in [0.25, 0.3) is 0 Å². The molecule has 3 heteroatoms. The van der Waals surface area contributed by atoms with Crippen LogP contribution in [0.2, 0.25) is 0 Å². The number of hydrogen-bond donors (Lipinski definition) is 1. The first-order valence-corrected chi connectivity index (χ1v) is 7.12. The van der Waals surface area contributed by atoms with Crippen molar-refractivity contribution in [1.82, 2.24) is 5.32 Å². The average molecular weight is 251 g/mol. The van der Waals surface area contributed by atoms with Gasteiger partial charge in [-0.2, -0.15) is 0 Å². The van der Waals surface area contributed by atoms with Gasteiger partial charge < -0.3 is 14.5 Å². The smallest absolute Gasteiger partial charge is 0.123 e. The van der Waals surface area contributed by atoms with Crippen LogP contribution in [-0.4, -0.2) is 12.6 Å². The van der Waals surface area contributed by atoms with Crippen molar-refractivity contribution in [3.05, 3.63) is 23.7 Å². The average Bonchev–Trinajstić information content (AvgIpc) is 2.97. The van der Waals surface area contributed by atoms with Crippen LogP contribution in [0.25, 0.3) is 0 Å². The molecule has 0 spiro atoms. The maximum atomic E-state index is 5.82. The van der Waals surface area contributed by atoms with Crippen LogP contribution in [0.1, 0.15) is 50.9 Å². The molecule has 0 amide bonds. The van der Waals surface area contributed by atoms with E-state index in [1.807, 2.05) is 6.07 Å². The molecule has 0 saturated heterocycles. The molecule has 0 radical (unpaired) electrons. The van der Waals surface area contributed by atoms with Crippen molar-refractivity contribution in [2.24, 2.45) is 5.92 Å². The Labute approximate surface area is 110 Å². The summed E-state index contributed by atoms with van der Waals surface area (Å²) in [6.07, 6.45) is 7.19. The molecule has 1 N–H and O–H groups in total. The predicted molar refractivity (Wildman–Crippen MR) is 72.3 cm³/mol. The molecule has 18 heavy (non-hydrogen) atoms. The minimum absolute atomic E-state index is 0.474. The highest BCUT2D eigenvalue weighted by atomic mass is 16.5. The first-order valence-electron chi connectivity index (χ1n) is 7.12. The van der Waals surface area contributed by atoms with Crippen LogP contribution in [0.3, 0.4) is 0 Å². The van der Waals surface area contributed by atoms with E-state index in [4.69, 9.17) is 9.15 Å². The molecule has 2 rings (SSSR count). The molecule has 0 atom stereocenters. The van der Waals surface area contributed by atoms with E-state index in [1.165, 1.54) is 31.2 Å². The fourth-order valence-corrected chi connectivity index (χ4v) is 2.46. The van der Waals surface area contributed by atoms with Gasteiger partial charge in [-0.05, 0) is 24.8 Å². The molecule has 0 aliphatic heterocycles. The van der Waals surface area contributed by atoms with Crippen LogP contribution >= 0.6 is 0 Å². The van der Waals surface area contributed by atoms with Crippen molar-refractivity contribution in [1.29, 1.82) is 0 Å². The SMILES string of the molecule is CC(C)NCc1occc1COCC1CCCC1. The molecule has 1 heterocycles. The second-order valence-corrected chi connectivity index (χ2v) is 5.57. The summed E-state index contributed by atoms with van der Waals surface area (Å²) in [5, 5.41) is 3.37. The Hall–Kier alpha value is -0.800. The highest BCUT2D eigenvalue weighted by Gasteiger charge is 2.15. The Kier molecular flexibility index (Phi) is 5.26. The molecule has 1 aromatic rings. The maximum Gasteiger partial charge on any atom is 0.123 e. The van der Waals surface area contributed by atoms with Gasteiger partial charge >= 0.3 is 0 Å². The van der Waals surface area contributed by atoms with Gasteiger partial charge in [-0.1, -0.05) is 26.7 Å².